The Kier molecular flexibility index (Phi) is 4.14. The van der Waals surface area contributed by atoms with Crippen molar-refractivity contribution in [2.45, 2.75) is 31.7 Å². The molecule has 0 spiro atoms. The van der Waals surface area contributed by atoms with Crippen molar-refractivity contribution in [3.8, 4) is 0 Å². The van der Waals surface area contributed by atoms with E-state index in [1.165, 1.54) is 10.3 Å². The molecule has 1 aliphatic rings. The van der Waals surface area contributed by atoms with Crippen LogP contribution in [0, 0.1) is 0 Å². The molecule has 4 rings (SSSR count). The third kappa shape index (κ3) is 3.03. The number of fused-ring (bicyclic) bond motifs is 1. The van der Waals surface area contributed by atoms with Crippen molar-refractivity contribution in [1.82, 2.24) is 9.88 Å². The third-order valence-electron chi connectivity index (χ3n) is 4.38. The van der Waals surface area contributed by atoms with E-state index in [1.807, 2.05) is 23.1 Å². The summed E-state index contributed by atoms with van der Waals surface area (Å²) in [6.07, 6.45) is 3.54. The number of amides is 1. The number of carbonyl (C=O) groups is 1. The molecule has 0 bridgehead atoms. The molecule has 3 heterocycles. The number of hydrogen-bond acceptors (Lipinski definition) is 4. The van der Waals surface area contributed by atoms with Crippen molar-refractivity contribution in [3.05, 3.63) is 51.7 Å². The monoisotopic (exact) mass is 342 g/mol. The van der Waals surface area contributed by atoms with E-state index < -0.39 is 0 Å². The van der Waals surface area contributed by atoms with Gasteiger partial charge in [0, 0.05) is 13.0 Å². The van der Waals surface area contributed by atoms with E-state index >= 15 is 0 Å². The Hall–Kier alpha value is -1.72. The van der Waals surface area contributed by atoms with Gasteiger partial charge in [0.15, 0.2) is 0 Å². The number of nitrogens with zero attached hydrogens (tertiary/aromatic N) is 2. The molecule has 0 N–H and O–H groups in total. The van der Waals surface area contributed by atoms with Gasteiger partial charge in [-0.2, -0.15) is 11.3 Å². The van der Waals surface area contributed by atoms with Crippen LogP contribution >= 0.6 is 22.7 Å². The molecule has 3 nitrogen and oxygen atoms in total. The van der Waals surface area contributed by atoms with Gasteiger partial charge < -0.3 is 4.90 Å². The Labute approximate surface area is 143 Å². The molecule has 1 fully saturated rings. The molecule has 0 aliphatic carbocycles. The number of thiazole rings is 1. The Morgan fingerprint density at radius 1 is 1.30 bits per heavy atom. The molecular formula is C18H18N2OS2. The Morgan fingerprint density at radius 2 is 2.22 bits per heavy atom. The summed E-state index contributed by atoms with van der Waals surface area (Å²) in [4.78, 5) is 19.5. The standard InChI is InChI=1S/C18H18N2OS2/c21-17(8-7-13-9-11-22-12-13)20-10-3-5-15(20)18-19-14-4-1-2-6-16(14)23-18/h1-2,4,6,9,11-12,15H,3,5,7-8,10H2/t15-/m0/s1. The van der Waals surface area contributed by atoms with Crippen LogP contribution in [-0.2, 0) is 11.2 Å². The fraction of sp³-hybridized carbons (Fsp3) is 0.333. The first-order valence-corrected chi connectivity index (χ1v) is 9.73. The second-order valence-corrected chi connectivity index (χ2v) is 7.74. The molecule has 1 saturated heterocycles. The highest BCUT2D eigenvalue weighted by Crippen LogP contribution is 2.36. The van der Waals surface area contributed by atoms with Gasteiger partial charge in [-0.15, -0.1) is 11.3 Å². The second kappa shape index (κ2) is 6.42. The van der Waals surface area contributed by atoms with Crippen molar-refractivity contribution in [1.29, 1.82) is 0 Å². The minimum atomic E-state index is 0.169. The Morgan fingerprint density at radius 3 is 3.04 bits per heavy atom. The van der Waals surface area contributed by atoms with E-state index in [9.17, 15) is 4.79 Å². The summed E-state index contributed by atoms with van der Waals surface area (Å²) in [5.41, 5.74) is 2.31. The molecule has 2 aromatic heterocycles. The highest BCUT2D eigenvalue weighted by Gasteiger charge is 2.31. The number of benzene rings is 1. The highest BCUT2D eigenvalue weighted by molar-refractivity contribution is 7.18. The number of aromatic nitrogens is 1. The first-order chi connectivity index (χ1) is 11.3. The van der Waals surface area contributed by atoms with Gasteiger partial charge in [0.25, 0.3) is 0 Å². The van der Waals surface area contributed by atoms with E-state index in [0.717, 1.165) is 36.3 Å². The van der Waals surface area contributed by atoms with Crippen LogP contribution in [0.15, 0.2) is 41.1 Å². The maximum Gasteiger partial charge on any atom is 0.223 e. The molecule has 1 amide bonds. The van der Waals surface area contributed by atoms with E-state index in [4.69, 9.17) is 4.98 Å². The average molecular weight is 342 g/mol. The summed E-state index contributed by atoms with van der Waals surface area (Å²) in [5, 5.41) is 5.29. The van der Waals surface area contributed by atoms with E-state index in [1.54, 1.807) is 22.7 Å². The zero-order valence-electron chi connectivity index (χ0n) is 12.8. The van der Waals surface area contributed by atoms with E-state index in [2.05, 4.69) is 22.9 Å². The molecule has 1 atom stereocenters. The van der Waals surface area contributed by atoms with Crippen molar-refractivity contribution in [2.75, 3.05) is 6.54 Å². The number of rotatable bonds is 4. The van der Waals surface area contributed by atoms with Gasteiger partial charge in [-0.05, 0) is 53.8 Å². The lowest BCUT2D eigenvalue weighted by molar-refractivity contribution is -0.132. The quantitative estimate of drug-likeness (QED) is 0.691. The van der Waals surface area contributed by atoms with Gasteiger partial charge in [-0.1, -0.05) is 12.1 Å². The normalized spacial score (nSPS) is 17.9. The number of thiophene rings is 1. The molecule has 3 aromatic rings. The minimum Gasteiger partial charge on any atom is -0.333 e. The van der Waals surface area contributed by atoms with Crippen LogP contribution < -0.4 is 0 Å². The van der Waals surface area contributed by atoms with Gasteiger partial charge >= 0.3 is 0 Å². The average Bonchev–Trinajstić information content (AvgIpc) is 3.31. The van der Waals surface area contributed by atoms with E-state index in [0.29, 0.717) is 6.42 Å². The van der Waals surface area contributed by atoms with Crippen molar-refractivity contribution in [2.24, 2.45) is 0 Å². The van der Waals surface area contributed by atoms with E-state index in [-0.39, 0.29) is 11.9 Å². The molecule has 23 heavy (non-hydrogen) atoms. The first-order valence-electron chi connectivity index (χ1n) is 7.97. The largest absolute Gasteiger partial charge is 0.333 e. The lowest BCUT2D eigenvalue weighted by Gasteiger charge is -2.23. The number of para-hydroxylation sites is 1. The first kappa shape index (κ1) is 14.8. The van der Waals surface area contributed by atoms with Gasteiger partial charge in [-0.3, -0.25) is 4.79 Å². The maximum atomic E-state index is 12.6. The van der Waals surface area contributed by atoms with Crippen molar-refractivity contribution < 1.29 is 4.79 Å². The Balaban J connectivity index is 1.50. The molecule has 0 unspecified atom stereocenters. The van der Waals surface area contributed by atoms with Crippen LogP contribution in [0.4, 0.5) is 0 Å². The van der Waals surface area contributed by atoms with Crippen molar-refractivity contribution >= 4 is 38.8 Å². The summed E-state index contributed by atoms with van der Waals surface area (Å²) in [5.74, 6) is 0.262. The predicted octanol–water partition coefficient (Wildman–Crippen LogP) is 4.65. The zero-order valence-corrected chi connectivity index (χ0v) is 14.4. The van der Waals surface area contributed by atoms with Crippen LogP contribution in [0.5, 0.6) is 0 Å². The van der Waals surface area contributed by atoms with Gasteiger partial charge in [0.05, 0.1) is 16.3 Å². The Bertz CT molecular complexity index is 776. The van der Waals surface area contributed by atoms with Crippen LogP contribution in [0.25, 0.3) is 10.2 Å². The molecular weight excluding hydrogens is 324 g/mol. The number of carbonyl (C=O) groups excluding carboxylic acids is 1. The number of hydrogen-bond donors (Lipinski definition) is 0. The maximum absolute atomic E-state index is 12.6. The smallest absolute Gasteiger partial charge is 0.223 e. The lowest BCUT2D eigenvalue weighted by Crippen LogP contribution is -2.30. The van der Waals surface area contributed by atoms with Crippen LogP contribution in [0.2, 0.25) is 0 Å². The molecule has 0 radical (unpaired) electrons. The molecule has 1 aliphatic heterocycles. The van der Waals surface area contributed by atoms with Gasteiger partial charge in [0.2, 0.25) is 5.91 Å². The number of aryl methyl sites for hydroxylation is 1. The zero-order chi connectivity index (χ0) is 15.6. The summed E-state index contributed by atoms with van der Waals surface area (Å²) >= 11 is 3.42. The van der Waals surface area contributed by atoms with Crippen LogP contribution in [0.1, 0.15) is 35.9 Å². The highest BCUT2D eigenvalue weighted by atomic mass is 32.1. The molecule has 0 saturated carbocycles. The predicted molar refractivity (Wildman–Crippen MR) is 95.9 cm³/mol. The topological polar surface area (TPSA) is 33.2 Å². The van der Waals surface area contributed by atoms with Crippen molar-refractivity contribution in [3.63, 3.8) is 0 Å². The SMILES string of the molecule is O=C(CCc1ccsc1)N1CCC[C@H]1c1nc2ccccc2s1. The minimum absolute atomic E-state index is 0.169. The fourth-order valence-electron chi connectivity index (χ4n) is 3.18. The summed E-state index contributed by atoms with van der Waals surface area (Å²) < 4.78 is 1.21. The van der Waals surface area contributed by atoms with Crippen LogP contribution in [0.3, 0.4) is 0 Å². The second-order valence-electron chi connectivity index (χ2n) is 5.90. The lowest BCUT2D eigenvalue weighted by atomic mass is 10.1. The summed E-state index contributed by atoms with van der Waals surface area (Å²) in [6.45, 7) is 0.864. The molecule has 5 heteroatoms. The number of likely N-dealkylation sites (tertiary alicyclic amines) is 1. The third-order valence-corrected chi connectivity index (χ3v) is 6.25. The molecule has 118 valence electrons. The van der Waals surface area contributed by atoms with Crippen LogP contribution in [-0.4, -0.2) is 22.3 Å². The summed E-state index contributed by atoms with van der Waals surface area (Å²) in [6, 6.07) is 10.5. The van der Waals surface area contributed by atoms with Gasteiger partial charge in [0.1, 0.15) is 5.01 Å². The summed E-state index contributed by atoms with van der Waals surface area (Å²) in [7, 11) is 0. The fourth-order valence-corrected chi connectivity index (χ4v) is 5.00. The molecule has 1 aromatic carbocycles. The van der Waals surface area contributed by atoms with Gasteiger partial charge in [-0.25, -0.2) is 4.98 Å².